The van der Waals surface area contributed by atoms with E-state index in [1.807, 2.05) is 25.1 Å². The molecule has 0 aromatic heterocycles. The van der Waals surface area contributed by atoms with E-state index in [4.69, 9.17) is 11.6 Å². The number of anilines is 1. The maximum atomic E-state index is 9.80. The standard InChI is InChI=1S/C11H15ClINO/c1-7(11(2,3)15)14-10-5-4-8(12)6-9(10)13/h4-7,14-15H,1-3H3. The average Bonchev–Trinajstić information content (AvgIpc) is 2.08. The van der Waals surface area contributed by atoms with Crippen LogP contribution in [-0.2, 0) is 0 Å². The van der Waals surface area contributed by atoms with Gasteiger partial charge in [-0.25, -0.2) is 0 Å². The summed E-state index contributed by atoms with van der Waals surface area (Å²) in [6.07, 6.45) is 0. The first-order valence-corrected chi connectivity index (χ1v) is 6.20. The highest BCUT2D eigenvalue weighted by atomic mass is 127. The Kier molecular flexibility index (Phi) is 4.26. The third kappa shape index (κ3) is 3.81. The first-order valence-electron chi connectivity index (χ1n) is 4.74. The highest BCUT2D eigenvalue weighted by Crippen LogP contribution is 2.24. The van der Waals surface area contributed by atoms with Gasteiger partial charge in [0.2, 0.25) is 0 Å². The molecule has 1 atom stereocenters. The van der Waals surface area contributed by atoms with Crippen LogP contribution >= 0.6 is 34.2 Å². The lowest BCUT2D eigenvalue weighted by atomic mass is 10.0. The van der Waals surface area contributed by atoms with E-state index in [-0.39, 0.29) is 6.04 Å². The predicted molar refractivity (Wildman–Crippen MR) is 73.6 cm³/mol. The zero-order valence-corrected chi connectivity index (χ0v) is 11.9. The Labute approximate surface area is 109 Å². The zero-order valence-electron chi connectivity index (χ0n) is 9.01. The maximum Gasteiger partial charge on any atom is 0.0789 e. The zero-order chi connectivity index (χ0) is 11.6. The van der Waals surface area contributed by atoms with Crippen LogP contribution in [0.4, 0.5) is 5.69 Å². The molecule has 0 heterocycles. The van der Waals surface area contributed by atoms with Crippen LogP contribution in [-0.4, -0.2) is 16.7 Å². The first kappa shape index (κ1) is 13.1. The van der Waals surface area contributed by atoms with Gasteiger partial charge in [0.15, 0.2) is 0 Å². The van der Waals surface area contributed by atoms with E-state index in [0.717, 1.165) is 14.3 Å². The fourth-order valence-corrected chi connectivity index (χ4v) is 2.04. The monoisotopic (exact) mass is 339 g/mol. The molecule has 15 heavy (non-hydrogen) atoms. The molecule has 0 aliphatic heterocycles. The second-order valence-electron chi connectivity index (χ2n) is 4.14. The molecule has 0 fully saturated rings. The van der Waals surface area contributed by atoms with Gasteiger partial charge < -0.3 is 10.4 Å². The lowest BCUT2D eigenvalue weighted by Crippen LogP contribution is -2.39. The summed E-state index contributed by atoms with van der Waals surface area (Å²) in [6, 6.07) is 5.63. The van der Waals surface area contributed by atoms with Crippen molar-refractivity contribution in [2.45, 2.75) is 32.4 Å². The van der Waals surface area contributed by atoms with Gasteiger partial charge in [-0.2, -0.15) is 0 Å². The van der Waals surface area contributed by atoms with Crippen LogP contribution in [0, 0.1) is 3.57 Å². The molecule has 1 unspecified atom stereocenters. The molecule has 0 amide bonds. The summed E-state index contributed by atoms with van der Waals surface area (Å²) < 4.78 is 1.05. The molecule has 0 bridgehead atoms. The normalized spacial score (nSPS) is 13.7. The molecule has 0 aliphatic carbocycles. The molecule has 1 aromatic carbocycles. The van der Waals surface area contributed by atoms with E-state index in [9.17, 15) is 5.11 Å². The van der Waals surface area contributed by atoms with E-state index >= 15 is 0 Å². The fourth-order valence-electron chi connectivity index (χ4n) is 1.02. The predicted octanol–water partition coefficient (Wildman–Crippen LogP) is 3.52. The summed E-state index contributed by atoms with van der Waals surface area (Å²) in [4.78, 5) is 0. The molecule has 0 saturated carbocycles. The molecule has 2 N–H and O–H groups in total. The van der Waals surface area contributed by atoms with Gasteiger partial charge in [-0.3, -0.25) is 0 Å². The first-order chi connectivity index (χ1) is 6.80. The molecule has 1 aromatic rings. The quantitative estimate of drug-likeness (QED) is 0.826. The minimum absolute atomic E-state index is 0.0211. The van der Waals surface area contributed by atoms with Crippen molar-refractivity contribution in [1.82, 2.24) is 0 Å². The molecule has 84 valence electrons. The third-order valence-corrected chi connectivity index (χ3v) is 3.49. The molecule has 4 heteroatoms. The SMILES string of the molecule is CC(Nc1ccc(Cl)cc1I)C(C)(C)O. The topological polar surface area (TPSA) is 32.3 Å². The second-order valence-corrected chi connectivity index (χ2v) is 5.74. The van der Waals surface area contributed by atoms with Crippen molar-refractivity contribution < 1.29 is 5.11 Å². The third-order valence-electron chi connectivity index (χ3n) is 2.36. The molecule has 1 rings (SSSR count). The van der Waals surface area contributed by atoms with Crippen LogP contribution in [0.5, 0.6) is 0 Å². The fraction of sp³-hybridized carbons (Fsp3) is 0.455. The Balaban J connectivity index is 2.82. The number of benzene rings is 1. The minimum Gasteiger partial charge on any atom is -0.388 e. The van der Waals surface area contributed by atoms with Gasteiger partial charge in [-0.1, -0.05) is 11.6 Å². The lowest BCUT2D eigenvalue weighted by molar-refractivity contribution is 0.0649. The summed E-state index contributed by atoms with van der Waals surface area (Å²) in [5.74, 6) is 0. The smallest absolute Gasteiger partial charge is 0.0789 e. The Bertz CT molecular complexity index is 349. The van der Waals surface area contributed by atoms with Crippen LogP contribution < -0.4 is 5.32 Å². The molecule has 0 aliphatic rings. The van der Waals surface area contributed by atoms with Gasteiger partial charge in [-0.15, -0.1) is 0 Å². The summed E-state index contributed by atoms with van der Waals surface area (Å²) in [5, 5.41) is 13.8. The van der Waals surface area contributed by atoms with E-state index in [1.54, 1.807) is 13.8 Å². The van der Waals surface area contributed by atoms with Crippen molar-refractivity contribution in [2.75, 3.05) is 5.32 Å². The second kappa shape index (κ2) is 4.89. The van der Waals surface area contributed by atoms with Crippen LogP contribution in [0.3, 0.4) is 0 Å². The van der Waals surface area contributed by atoms with E-state index in [0.29, 0.717) is 0 Å². The molecular weight excluding hydrogens is 324 g/mol. The van der Waals surface area contributed by atoms with Crippen LogP contribution in [0.25, 0.3) is 0 Å². The van der Waals surface area contributed by atoms with Gasteiger partial charge in [0.05, 0.1) is 11.6 Å². The molecule has 0 spiro atoms. The maximum absolute atomic E-state index is 9.80. The number of rotatable bonds is 3. The summed E-state index contributed by atoms with van der Waals surface area (Å²) in [6.45, 7) is 5.52. The van der Waals surface area contributed by atoms with E-state index < -0.39 is 5.60 Å². The van der Waals surface area contributed by atoms with Crippen molar-refractivity contribution in [3.63, 3.8) is 0 Å². The number of hydrogen-bond donors (Lipinski definition) is 2. The Morgan fingerprint density at radius 1 is 1.47 bits per heavy atom. The van der Waals surface area contributed by atoms with Crippen molar-refractivity contribution in [2.24, 2.45) is 0 Å². The van der Waals surface area contributed by atoms with E-state index in [2.05, 4.69) is 27.9 Å². The number of aliphatic hydroxyl groups is 1. The highest BCUT2D eigenvalue weighted by Gasteiger charge is 2.22. The minimum atomic E-state index is -0.747. The molecule has 0 saturated heterocycles. The van der Waals surface area contributed by atoms with Crippen molar-refractivity contribution >= 4 is 39.9 Å². The van der Waals surface area contributed by atoms with Crippen molar-refractivity contribution in [3.05, 3.63) is 26.8 Å². The lowest BCUT2D eigenvalue weighted by Gasteiger charge is -2.28. The summed E-state index contributed by atoms with van der Waals surface area (Å²) in [7, 11) is 0. The van der Waals surface area contributed by atoms with Crippen LogP contribution in [0.2, 0.25) is 5.02 Å². The van der Waals surface area contributed by atoms with Gasteiger partial charge in [0.25, 0.3) is 0 Å². The highest BCUT2D eigenvalue weighted by molar-refractivity contribution is 14.1. The number of nitrogens with one attached hydrogen (secondary N) is 1. The van der Waals surface area contributed by atoms with Gasteiger partial charge >= 0.3 is 0 Å². The van der Waals surface area contributed by atoms with E-state index in [1.165, 1.54) is 0 Å². The van der Waals surface area contributed by atoms with Gasteiger partial charge in [-0.05, 0) is 61.6 Å². The average molecular weight is 340 g/mol. The summed E-state index contributed by atoms with van der Waals surface area (Å²) >= 11 is 8.08. The van der Waals surface area contributed by atoms with Gasteiger partial charge in [0.1, 0.15) is 0 Å². The summed E-state index contributed by atoms with van der Waals surface area (Å²) in [5.41, 5.74) is 0.248. The largest absolute Gasteiger partial charge is 0.388 e. The molecule has 2 nitrogen and oxygen atoms in total. The van der Waals surface area contributed by atoms with Gasteiger partial charge in [0, 0.05) is 14.3 Å². The van der Waals surface area contributed by atoms with Crippen molar-refractivity contribution in [3.8, 4) is 0 Å². The molecular formula is C11H15ClINO. The number of hydrogen-bond acceptors (Lipinski definition) is 2. The van der Waals surface area contributed by atoms with Crippen molar-refractivity contribution in [1.29, 1.82) is 0 Å². The van der Waals surface area contributed by atoms with Crippen LogP contribution in [0.1, 0.15) is 20.8 Å². The Morgan fingerprint density at radius 3 is 2.53 bits per heavy atom. The Hall–Kier alpha value is -0.0000000000000000763. The van der Waals surface area contributed by atoms with Crippen LogP contribution in [0.15, 0.2) is 18.2 Å². The number of halogens is 2. The Morgan fingerprint density at radius 2 is 2.07 bits per heavy atom. The molecule has 0 radical (unpaired) electrons.